The first-order chi connectivity index (χ1) is 9.74. The normalized spacial score (nSPS) is 14.4. The summed E-state index contributed by atoms with van der Waals surface area (Å²) in [6.45, 7) is 8.25. The average molecular weight is 286 g/mol. The van der Waals surface area contributed by atoms with Crippen LogP contribution >= 0.6 is 0 Å². The van der Waals surface area contributed by atoms with Crippen LogP contribution in [0.15, 0.2) is 0 Å². The maximum Gasteiger partial charge on any atom is 0.0707 e. The van der Waals surface area contributed by atoms with Crippen LogP contribution in [-0.4, -0.2) is 25.9 Å². The Morgan fingerprint density at radius 3 is 1.90 bits per heavy atom. The molecule has 2 nitrogen and oxygen atoms in total. The molecule has 0 spiro atoms. The topological polar surface area (TPSA) is 18.5 Å². The van der Waals surface area contributed by atoms with Gasteiger partial charge in [-0.1, -0.05) is 72.1 Å². The highest BCUT2D eigenvalue weighted by molar-refractivity contribution is 4.79. The predicted octanol–water partition coefficient (Wildman–Crippen LogP) is 5.74. The van der Waals surface area contributed by atoms with Crippen LogP contribution in [0.3, 0.4) is 0 Å². The number of hydrogen-bond donors (Lipinski definition) is 0. The molecule has 0 radical (unpaired) electrons. The third-order valence-electron chi connectivity index (χ3n) is 4.28. The molecule has 0 aliphatic heterocycles. The second kappa shape index (κ2) is 13.9. The Bertz CT molecular complexity index is 194. The lowest BCUT2D eigenvalue weighted by Gasteiger charge is -2.33. The van der Waals surface area contributed by atoms with E-state index in [-0.39, 0.29) is 5.60 Å². The molecule has 0 amide bonds. The molecule has 1 atom stereocenters. The molecule has 2 heteroatoms. The second-order valence-electron chi connectivity index (χ2n) is 6.00. The first kappa shape index (κ1) is 19.9. The summed E-state index contributed by atoms with van der Waals surface area (Å²) < 4.78 is 11.3. The van der Waals surface area contributed by atoms with Gasteiger partial charge in [0.2, 0.25) is 0 Å². The van der Waals surface area contributed by atoms with Crippen molar-refractivity contribution in [2.45, 2.75) is 97.0 Å². The lowest BCUT2D eigenvalue weighted by molar-refractivity contribution is -0.0773. The van der Waals surface area contributed by atoms with Crippen LogP contribution in [0.2, 0.25) is 0 Å². The molecule has 1 unspecified atom stereocenters. The van der Waals surface area contributed by atoms with Gasteiger partial charge in [-0.05, 0) is 19.3 Å². The Kier molecular flexibility index (Phi) is 13.8. The third kappa shape index (κ3) is 9.77. The molecular formula is C18H38O2. The molecule has 0 aromatic rings. The van der Waals surface area contributed by atoms with E-state index in [4.69, 9.17) is 9.47 Å². The molecule has 0 heterocycles. The van der Waals surface area contributed by atoms with Crippen molar-refractivity contribution in [2.24, 2.45) is 0 Å². The molecule has 122 valence electrons. The van der Waals surface area contributed by atoms with Gasteiger partial charge in [-0.2, -0.15) is 0 Å². The third-order valence-corrected chi connectivity index (χ3v) is 4.28. The van der Waals surface area contributed by atoms with E-state index >= 15 is 0 Å². The fourth-order valence-corrected chi connectivity index (χ4v) is 2.93. The van der Waals surface area contributed by atoms with Gasteiger partial charge in [0, 0.05) is 7.11 Å². The van der Waals surface area contributed by atoms with Gasteiger partial charge in [0.1, 0.15) is 0 Å². The highest BCUT2D eigenvalue weighted by atomic mass is 16.5. The molecular weight excluding hydrogens is 248 g/mol. The van der Waals surface area contributed by atoms with E-state index in [1.54, 1.807) is 7.11 Å². The molecule has 0 rings (SSSR count). The van der Waals surface area contributed by atoms with Gasteiger partial charge in [-0.15, -0.1) is 0 Å². The van der Waals surface area contributed by atoms with Crippen molar-refractivity contribution < 1.29 is 9.47 Å². The summed E-state index contributed by atoms with van der Waals surface area (Å²) >= 11 is 0. The zero-order valence-corrected chi connectivity index (χ0v) is 14.5. The molecule has 20 heavy (non-hydrogen) atoms. The van der Waals surface area contributed by atoms with Gasteiger partial charge in [-0.3, -0.25) is 0 Å². The predicted molar refractivity (Wildman–Crippen MR) is 88.4 cm³/mol. The molecule has 0 aliphatic carbocycles. The number of hydrogen-bond acceptors (Lipinski definition) is 2. The number of methoxy groups -OCH3 is 1. The summed E-state index contributed by atoms with van der Waals surface area (Å²) in [4.78, 5) is 0. The summed E-state index contributed by atoms with van der Waals surface area (Å²) in [6.07, 6.45) is 14.4. The minimum Gasteiger partial charge on any atom is -0.382 e. The van der Waals surface area contributed by atoms with Crippen molar-refractivity contribution in [1.29, 1.82) is 0 Å². The zero-order valence-electron chi connectivity index (χ0n) is 14.5. The van der Waals surface area contributed by atoms with Crippen molar-refractivity contribution in [3.63, 3.8) is 0 Å². The van der Waals surface area contributed by atoms with Crippen LogP contribution < -0.4 is 0 Å². The lowest BCUT2D eigenvalue weighted by atomic mass is 9.88. The fraction of sp³-hybridized carbons (Fsp3) is 1.00. The molecule has 0 fully saturated rings. The van der Waals surface area contributed by atoms with Crippen LogP contribution in [0.1, 0.15) is 91.4 Å². The molecule has 0 bridgehead atoms. The van der Waals surface area contributed by atoms with E-state index in [0.29, 0.717) is 6.61 Å². The Balaban J connectivity index is 3.89. The maximum absolute atomic E-state index is 6.18. The monoisotopic (exact) mass is 286 g/mol. The van der Waals surface area contributed by atoms with E-state index in [1.165, 1.54) is 64.2 Å². The summed E-state index contributed by atoms with van der Waals surface area (Å²) in [7, 11) is 1.74. The summed E-state index contributed by atoms with van der Waals surface area (Å²) in [5.74, 6) is 0. The highest BCUT2D eigenvalue weighted by Gasteiger charge is 2.27. The van der Waals surface area contributed by atoms with E-state index in [2.05, 4.69) is 20.8 Å². The van der Waals surface area contributed by atoms with Crippen molar-refractivity contribution in [3.8, 4) is 0 Å². The van der Waals surface area contributed by atoms with Gasteiger partial charge >= 0.3 is 0 Å². The Morgan fingerprint density at radius 1 is 0.700 bits per heavy atom. The van der Waals surface area contributed by atoms with Crippen LogP contribution in [0.25, 0.3) is 0 Å². The number of rotatable bonds is 15. The lowest BCUT2D eigenvalue weighted by Crippen LogP contribution is -2.33. The second-order valence-corrected chi connectivity index (χ2v) is 6.00. The van der Waals surface area contributed by atoms with Crippen LogP contribution in [0.5, 0.6) is 0 Å². The minimum absolute atomic E-state index is 0.108. The fourth-order valence-electron chi connectivity index (χ4n) is 2.93. The molecule has 0 aromatic heterocycles. The van der Waals surface area contributed by atoms with E-state index in [9.17, 15) is 0 Å². The Labute approximate surface area is 127 Å². The first-order valence-electron chi connectivity index (χ1n) is 8.87. The molecule has 0 aliphatic rings. The maximum atomic E-state index is 6.18. The van der Waals surface area contributed by atoms with Crippen molar-refractivity contribution in [3.05, 3.63) is 0 Å². The van der Waals surface area contributed by atoms with Crippen LogP contribution in [0.4, 0.5) is 0 Å². The molecule has 0 aromatic carbocycles. The zero-order chi connectivity index (χ0) is 15.1. The van der Waals surface area contributed by atoms with Crippen molar-refractivity contribution in [2.75, 3.05) is 20.3 Å². The van der Waals surface area contributed by atoms with E-state index < -0.39 is 0 Å². The van der Waals surface area contributed by atoms with Crippen LogP contribution in [0, 0.1) is 0 Å². The van der Waals surface area contributed by atoms with Crippen LogP contribution in [-0.2, 0) is 9.47 Å². The molecule has 0 saturated heterocycles. The van der Waals surface area contributed by atoms with Crippen molar-refractivity contribution in [1.82, 2.24) is 0 Å². The van der Waals surface area contributed by atoms with Gasteiger partial charge in [0.25, 0.3) is 0 Å². The van der Waals surface area contributed by atoms with E-state index in [0.717, 1.165) is 13.0 Å². The largest absolute Gasteiger partial charge is 0.382 e. The standard InChI is InChI=1S/C18H38O2/c1-5-8-9-10-11-12-13-15-18(7-3,14-6-2)20-17-16-19-4/h5-17H2,1-4H3. The number of unbranched alkanes of at least 4 members (excludes halogenated alkanes) is 6. The Morgan fingerprint density at radius 2 is 1.35 bits per heavy atom. The first-order valence-corrected chi connectivity index (χ1v) is 8.87. The smallest absolute Gasteiger partial charge is 0.0707 e. The minimum atomic E-state index is 0.108. The molecule has 0 N–H and O–H groups in total. The summed E-state index contributed by atoms with van der Waals surface area (Å²) in [5, 5.41) is 0. The van der Waals surface area contributed by atoms with Gasteiger partial charge in [0.05, 0.1) is 18.8 Å². The van der Waals surface area contributed by atoms with Gasteiger partial charge in [0.15, 0.2) is 0 Å². The summed E-state index contributed by atoms with van der Waals surface area (Å²) in [6, 6.07) is 0. The average Bonchev–Trinajstić information content (AvgIpc) is 2.46. The van der Waals surface area contributed by atoms with Gasteiger partial charge in [-0.25, -0.2) is 0 Å². The quantitative estimate of drug-likeness (QED) is 0.357. The summed E-state index contributed by atoms with van der Waals surface area (Å²) in [5.41, 5.74) is 0.108. The van der Waals surface area contributed by atoms with E-state index in [1.807, 2.05) is 0 Å². The SMILES string of the molecule is CCCCCCCCCC(CC)(CCC)OCCOC. The van der Waals surface area contributed by atoms with Gasteiger partial charge < -0.3 is 9.47 Å². The number of ether oxygens (including phenoxy) is 2. The highest BCUT2D eigenvalue weighted by Crippen LogP contribution is 2.29. The molecule has 0 saturated carbocycles. The Hall–Kier alpha value is -0.0800. The van der Waals surface area contributed by atoms with Crippen molar-refractivity contribution >= 4 is 0 Å².